The molecule has 0 saturated heterocycles. The highest BCUT2D eigenvalue weighted by Gasteiger charge is 2.24. The Morgan fingerprint density at radius 1 is 0.556 bits per heavy atom. The minimum absolute atomic E-state index is 0. The summed E-state index contributed by atoms with van der Waals surface area (Å²) in [6, 6.07) is 0. The Morgan fingerprint density at radius 3 is 0.944 bits per heavy atom. The van der Waals surface area contributed by atoms with Crippen LogP contribution in [0, 0.1) is 0 Å². The molecule has 0 saturated carbocycles. The minimum atomic E-state index is 0. The minimum Gasteiger partial charge on any atom is -0.324 e. The Kier molecular flexibility index (Phi) is 15.2. The predicted octanol–water partition coefficient (Wildman–Crippen LogP) is 3.93. The summed E-state index contributed by atoms with van der Waals surface area (Å²) >= 11 is 0. The number of nitrogens with zero attached hydrogens (tertiary/aromatic N) is 1. The van der Waals surface area contributed by atoms with E-state index in [0.29, 0.717) is 0 Å². The van der Waals surface area contributed by atoms with Crippen LogP contribution in [-0.4, -0.2) is 39.1 Å². The van der Waals surface area contributed by atoms with Crippen LogP contribution in [0.2, 0.25) is 0 Å². The summed E-state index contributed by atoms with van der Waals surface area (Å²) < 4.78 is 1.42. The fraction of sp³-hybridized carbons (Fsp3) is 1.00. The van der Waals surface area contributed by atoms with E-state index in [9.17, 15) is 0 Å². The fourth-order valence-electron chi connectivity index (χ4n) is 2.64. The Labute approximate surface area is 120 Å². The number of quaternary nitrogens is 1. The summed E-state index contributed by atoms with van der Waals surface area (Å²) in [6.07, 6.45) is 11.1. The van der Waals surface area contributed by atoms with Crippen molar-refractivity contribution in [1.82, 2.24) is 0 Å². The second kappa shape index (κ2) is 13.5. The van der Waals surface area contributed by atoms with Gasteiger partial charge in [-0.05, 0) is 25.7 Å². The molecule has 1 nitrogen and oxygen atoms in total. The molecule has 0 spiro atoms. The van der Waals surface area contributed by atoms with Crippen LogP contribution in [0.3, 0.4) is 0 Å². The molecule has 0 aromatic heterocycles. The summed E-state index contributed by atoms with van der Waals surface area (Å²) in [4.78, 5) is 0. The van der Waals surface area contributed by atoms with Crippen molar-refractivity contribution in [3.8, 4) is 0 Å². The van der Waals surface area contributed by atoms with Gasteiger partial charge in [-0.2, -0.15) is 0 Å². The van der Waals surface area contributed by atoms with Gasteiger partial charge >= 0.3 is 1.43 Å². The zero-order chi connectivity index (χ0) is 13.0. The Bertz CT molecular complexity index is 127. The monoisotopic (exact) mass is 257 g/mol. The van der Waals surface area contributed by atoms with E-state index in [1.807, 2.05) is 0 Å². The highest BCUT2D eigenvalue weighted by atomic mass is 15.3. The molecule has 2 heteroatoms. The third-order valence-electron chi connectivity index (χ3n) is 3.94. The molecule has 0 N–H and O–H groups in total. The van der Waals surface area contributed by atoms with E-state index in [-0.39, 0.29) is 9.84 Å². The van der Waals surface area contributed by atoms with Crippen molar-refractivity contribution in [3.63, 3.8) is 0 Å². The molecule has 0 rings (SSSR count). The molecule has 110 valence electrons. The lowest BCUT2D eigenvalue weighted by molar-refractivity contribution is -0.929. The van der Waals surface area contributed by atoms with Gasteiger partial charge in [0.15, 0.2) is 0 Å². The SMILES string of the molecule is B.CCCC[N+](CCCC)(CCCC)CCCC.[H+]. The van der Waals surface area contributed by atoms with Crippen LogP contribution in [0.1, 0.15) is 80.5 Å². The van der Waals surface area contributed by atoms with Crippen LogP contribution >= 0.6 is 0 Å². The van der Waals surface area contributed by atoms with Crippen LogP contribution in [0.4, 0.5) is 0 Å². The van der Waals surface area contributed by atoms with E-state index < -0.39 is 0 Å². The average molecular weight is 257 g/mol. The molecule has 0 fully saturated rings. The van der Waals surface area contributed by atoms with Crippen molar-refractivity contribution in [2.24, 2.45) is 0 Å². The smallest absolute Gasteiger partial charge is 0.324 e. The molecular weight excluding hydrogens is 217 g/mol. The molecule has 0 atom stereocenters. The van der Waals surface area contributed by atoms with Crippen LogP contribution in [-0.2, 0) is 0 Å². The van der Waals surface area contributed by atoms with Crippen molar-refractivity contribution >= 4 is 8.41 Å². The maximum Gasteiger partial charge on any atom is 1.00 e. The van der Waals surface area contributed by atoms with Gasteiger partial charge in [0.05, 0.1) is 34.6 Å². The molecule has 0 bridgehead atoms. The van der Waals surface area contributed by atoms with E-state index in [1.54, 1.807) is 0 Å². The Hall–Kier alpha value is 0.0249. The van der Waals surface area contributed by atoms with E-state index >= 15 is 0 Å². The first-order valence-corrected chi connectivity index (χ1v) is 8.09. The summed E-state index contributed by atoms with van der Waals surface area (Å²) in [7, 11) is 0. The van der Waals surface area contributed by atoms with Crippen LogP contribution in [0.15, 0.2) is 0 Å². The van der Waals surface area contributed by atoms with Gasteiger partial charge < -0.3 is 4.48 Å². The second-order valence-electron chi connectivity index (χ2n) is 5.65. The van der Waals surface area contributed by atoms with Crippen LogP contribution < -0.4 is 0 Å². The summed E-state index contributed by atoms with van der Waals surface area (Å²) in [5, 5.41) is 0. The number of unbranched alkanes of at least 4 members (excludes halogenated alkanes) is 4. The third-order valence-corrected chi connectivity index (χ3v) is 3.94. The number of hydrogen-bond donors (Lipinski definition) is 0. The average Bonchev–Trinajstić information content (AvgIpc) is 2.37. The first kappa shape index (κ1) is 20.3. The first-order chi connectivity index (χ1) is 8.24. The lowest BCUT2D eigenvalue weighted by Crippen LogP contribution is -2.50. The van der Waals surface area contributed by atoms with Crippen molar-refractivity contribution in [1.29, 1.82) is 0 Å². The topological polar surface area (TPSA) is 0 Å². The molecule has 0 aliphatic rings. The molecular formula is C16H40BN+2. The van der Waals surface area contributed by atoms with E-state index in [0.717, 1.165) is 0 Å². The zero-order valence-corrected chi connectivity index (χ0v) is 12.9. The largest absolute Gasteiger partial charge is 1.00 e. The molecule has 0 radical (unpaired) electrons. The number of hydrogen-bond acceptors (Lipinski definition) is 0. The first-order valence-electron chi connectivity index (χ1n) is 8.09. The van der Waals surface area contributed by atoms with E-state index in [1.165, 1.54) is 82.0 Å². The molecule has 0 unspecified atom stereocenters. The molecule has 18 heavy (non-hydrogen) atoms. The summed E-state index contributed by atoms with van der Waals surface area (Å²) in [5.74, 6) is 0. The highest BCUT2D eigenvalue weighted by Crippen LogP contribution is 2.16. The molecule has 0 heterocycles. The fourth-order valence-corrected chi connectivity index (χ4v) is 2.64. The maximum atomic E-state index is 2.33. The zero-order valence-electron chi connectivity index (χ0n) is 13.9. The van der Waals surface area contributed by atoms with Gasteiger partial charge in [-0.1, -0.05) is 53.4 Å². The van der Waals surface area contributed by atoms with Gasteiger partial charge in [-0.15, -0.1) is 0 Å². The van der Waals surface area contributed by atoms with Gasteiger partial charge in [-0.25, -0.2) is 0 Å². The van der Waals surface area contributed by atoms with Crippen LogP contribution in [0.5, 0.6) is 0 Å². The Morgan fingerprint density at radius 2 is 0.778 bits per heavy atom. The second-order valence-corrected chi connectivity index (χ2v) is 5.65. The predicted molar refractivity (Wildman–Crippen MR) is 90.4 cm³/mol. The summed E-state index contributed by atoms with van der Waals surface area (Å²) in [6.45, 7) is 15.0. The lowest BCUT2D eigenvalue weighted by atomic mass is 10.1. The van der Waals surface area contributed by atoms with E-state index in [4.69, 9.17) is 0 Å². The van der Waals surface area contributed by atoms with Gasteiger partial charge in [0.2, 0.25) is 0 Å². The van der Waals surface area contributed by atoms with Crippen molar-refractivity contribution in [3.05, 3.63) is 0 Å². The van der Waals surface area contributed by atoms with E-state index in [2.05, 4.69) is 27.7 Å². The molecule has 0 amide bonds. The van der Waals surface area contributed by atoms with Gasteiger partial charge in [0.25, 0.3) is 0 Å². The lowest BCUT2D eigenvalue weighted by Gasteiger charge is -2.39. The van der Waals surface area contributed by atoms with Gasteiger partial charge in [0.1, 0.15) is 0 Å². The van der Waals surface area contributed by atoms with Crippen molar-refractivity contribution in [2.75, 3.05) is 26.2 Å². The normalized spacial score (nSPS) is 11.3. The molecule has 0 aromatic rings. The van der Waals surface area contributed by atoms with Crippen LogP contribution in [0.25, 0.3) is 0 Å². The van der Waals surface area contributed by atoms with Crippen molar-refractivity contribution < 1.29 is 5.91 Å². The van der Waals surface area contributed by atoms with Crippen molar-refractivity contribution in [2.45, 2.75) is 79.1 Å². The standard InChI is InChI=1S/C16H36N.BH3/c1-5-9-13-17(14-10-6-2,15-11-7-3)16-12-8-4;/h5-16H2,1-4H3;1H3/q+1;/p+1. The summed E-state index contributed by atoms with van der Waals surface area (Å²) in [5.41, 5.74) is 0. The van der Waals surface area contributed by atoms with Gasteiger partial charge in [0, 0.05) is 0 Å². The maximum absolute atomic E-state index is 2.33. The Balaban J connectivity index is -0.00000128. The molecule has 0 aromatic carbocycles. The number of rotatable bonds is 12. The third kappa shape index (κ3) is 9.02. The molecule has 0 aliphatic heterocycles. The quantitative estimate of drug-likeness (QED) is 0.367. The van der Waals surface area contributed by atoms with Gasteiger partial charge in [-0.3, -0.25) is 0 Å². The highest BCUT2D eigenvalue weighted by molar-refractivity contribution is 5.75. The molecule has 0 aliphatic carbocycles.